The van der Waals surface area contributed by atoms with Crippen LogP contribution in [0, 0.1) is 5.82 Å². The van der Waals surface area contributed by atoms with Crippen molar-refractivity contribution in [2.24, 2.45) is 0 Å². The largest absolute Gasteiger partial charge is 0.446 e. The van der Waals surface area contributed by atoms with E-state index >= 15 is 0 Å². The van der Waals surface area contributed by atoms with Crippen molar-refractivity contribution >= 4 is 45.1 Å². The van der Waals surface area contributed by atoms with Crippen LogP contribution in [-0.2, 0) is 10.9 Å². The number of ether oxygens (including phenoxy) is 1. The smallest absolute Gasteiger partial charge is 0.417 e. The van der Waals surface area contributed by atoms with Gasteiger partial charge in [-0.25, -0.2) is 14.2 Å². The summed E-state index contributed by atoms with van der Waals surface area (Å²) in [5.74, 6) is -1.04. The molecule has 4 rings (SSSR count). The van der Waals surface area contributed by atoms with Gasteiger partial charge >= 0.3 is 12.3 Å². The fourth-order valence-corrected chi connectivity index (χ4v) is 4.67. The van der Waals surface area contributed by atoms with Crippen LogP contribution in [0.2, 0.25) is 0 Å². The highest BCUT2D eigenvalue weighted by atomic mass is 32.1. The molecule has 2 amide bonds. The zero-order chi connectivity index (χ0) is 24.5. The van der Waals surface area contributed by atoms with E-state index in [1.54, 1.807) is 4.90 Å². The molecule has 1 aliphatic rings. The van der Waals surface area contributed by atoms with Crippen molar-refractivity contribution in [1.29, 1.82) is 0 Å². The number of amides is 2. The van der Waals surface area contributed by atoms with Gasteiger partial charge in [-0.05, 0) is 6.07 Å². The average molecular weight is 497 g/mol. The van der Waals surface area contributed by atoms with Crippen molar-refractivity contribution in [2.45, 2.75) is 25.1 Å². The lowest BCUT2D eigenvalue weighted by molar-refractivity contribution is -0.136. The zero-order valence-corrected chi connectivity index (χ0v) is 18.6. The van der Waals surface area contributed by atoms with Gasteiger partial charge in [-0.2, -0.15) is 13.2 Å². The van der Waals surface area contributed by atoms with Crippen LogP contribution in [0.1, 0.15) is 28.8 Å². The lowest BCUT2D eigenvalue weighted by Gasteiger charge is -2.32. The molecule has 0 atom stereocenters. The number of carbonyl (C=O) groups is 2. The fraction of sp³-hybridized carbons (Fsp3) is 0.333. The Morgan fingerprint density at radius 1 is 1.21 bits per heavy atom. The van der Waals surface area contributed by atoms with Crippen molar-refractivity contribution in [2.75, 3.05) is 30.4 Å². The minimum atomic E-state index is -4.62. The van der Waals surface area contributed by atoms with Crippen molar-refractivity contribution < 1.29 is 31.9 Å². The first-order valence-corrected chi connectivity index (χ1v) is 11.1. The van der Waals surface area contributed by atoms with E-state index in [1.165, 1.54) is 18.6 Å². The van der Waals surface area contributed by atoms with Crippen LogP contribution in [0.5, 0.6) is 0 Å². The molecule has 1 aliphatic heterocycles. The Morgan fingerprint density at radius 3 is 2.59 bits per heavy atom. The number of piperidine rings is 1. The summed E-state index contributed by atoms with van der Waals surface area (Å²) in [6, 6.07) is 2.08. The molecule has 2 N–H and O–H groups in total. The number of rotatable bonds is 4. The molecular formula is C21H19F4N5O3S. The maximum Gasteiger partial charge on any atom is 0.417 e. The van der Waals surface area contributed by atoms with Gasteiger partial charge in [0.05, 0.1) is 39.4 Å². The molecule has 0 bridgehead atoms. The summed E-state index contributed by atoms with van der Waals surface area (Å²) in [7, 11) is 1.39. The third kappa shape index (κ3) is 5.03. The van der Waals surface area contributed by atoms with Crippen molar-refractivity contribution in [3.8, 4) is 0 Å². The van der Waals surface area contributed by atoms with E-state index in [-0.39, 0.29) is 40.4 Å². The molecule has 0 unspecified atom stereocenters. The lowest BCUT2D eigenvalue weighted by atomic mass is 10.1. The molecule has 0 radical (unpaired) electrons. The number of halogens is 4. The Bertz CT molecular complexity index is 1220. The zero-order valence-electron chi connectivity index (χ0n) is 17.8. The number of carbonyl (C=O) groups excluding carboxylic acids is 2. The second kappa shape index (κ2) is 9.41. The molecule has 0 spiro atoms. The molecule has 3 aromatic rings. The van der Waals surface area contributed by atoms with Crippen LogP contribution >= 0.6 is 11.3 Å². The SMILES string of the molecule is CNC(=O)c1csc2c(C(F)(F)F)cc(N3CCC(OC(=O)Nc4cncc(F)c4)CC3)nc12. The number of hydrogen-bond donors (Lipinski definition) is 2. The molecule has 4 heterocycles. The summed E-state index contributed by atoms with van der Waals surface area (Å²) in [5, 5.41) is 6.16. The number of thiophene rings is 1. The highest BCUT2D eigenvalue weighted by molar-refractivity contribution is 7.17. The number of nitrogens with one attached hydrogen (secondary N) is 2. The van der Waals surface area contributed by atoms with E-state index in [0.29, 0.717) is 12.8 Å². The van der Waals surface area contributed by atoms with E-state index in [0.717, 1.165) is 29.7 Å². The topological polar surface area (TPSA) is 96.5 Å². The van der Waals surface area contributed by atoms with Gasteiger partial charge in [0.1, 0.15) is 17.7 Å². The van der Waals surface area contributed by atoms with Gasteiger partial charge in [0.25, 0.3) is 5.91 Å². The first-order chi connectivity index (χ1) is 16.2. The molecule has 13 heteroatoms. The summed E-state index contributed by atoms with van der Waals surface area (Å²) >= 11 is 0.821. The average Bonchev–Trinajstić information content (AvgIpc) is 3.21. The minimum absolute atomic E-state index is 0.00405. The third-order valence-electron chi connectivity index (χ3n) is 5.28. The predicted octanol–water partition coefficient (Wildman–Crippen LogP) is 4.43. The summed E-state index contributed by atoms with van der Waals surface area (Å²) in [5.41, 5.74) is -0.636. The number of pyridine rings is 2. The van der Waals surface area contributed by atoms with Gasteiger partial charge in [-0.3, -0.25) is 15.1 Å². The molecule has 1 fully saturated rings. The molecule has 180 valence electrons. The summed E-state index contributed by atoms with van der Waals surface area (Å²) in [4.78, 5) is 33.8. The highest BCUT2D eigenvalue weighted by Crippen LogP contribution is 2.40. The Balaban J connectivity index is 1.48. The summed E-state index contributed by atoms with van der Waals surface area (Å²) in [6.45, 7) is 0.573. The van der Waals surface area contributed by atoms with Gasteiger partial charge in [0.15, 0.2) is 0 Å². The molecule has 0 saturated carbocycles. The van der Waals surface area contributed by atoms with Gasteiger partial charge in [-0.15, -0.1) is 11.3 Å². The first kappa shape index (κ1) is 23.7. The Morgan fingerprint density at radius 2 is 1.94 bits per heavy atom. The maximum absolute atomic E-state index is 13.7. The number of alkyl halides is 3. The Hall–Kier alpha value is -3.48. The number of hydrogen-bond acceptors (Lipinski definition) is 7. The van der Waals surface area contributed by atoms with Crippen LogP contribution in [0.15, 0.2) is 29.9 Å². The number of fused-ring (bicyclic) bond motifs is 1. The second-order valence-electron chi connectivity index (χ2n) is 7.54. The number of anilines is 2. The van der Waals surface area contributed by atoms with E-state index in [2.05, 4.69) is 20.6 Å². The molecule has 34 heavy (non-hydrogen) atoms. The monoisotopic (exact) mass is 497 g/mol. The van der Waals surface area contributed by atoms with Crippen LogP contribution < -0.4 is 15.5 Å². The number of nitrogens with zero attached hydrogens (tertiary/aromatic N) is 3. The van der Waals surface area contributed by atoms with Gasteiger partial charge in [-0.1, -0.05) is 0 Å². The van der Waals surface area contributed by atoms with Crippen LogP contribution in [0.25, 0.3) is 10.2 Å². The minimum Gasteiger partial charge on any atom is -0.446 e. The third-order valence-corrected chi connectivity index (χ3v) is 6.28. The van der Waals surface area contributed by atoms with Gasteiger partial charge in [0.2, 0.25) is 0 Å². The molecule has 0 aromatic carbocycles. The van der Waals surface area contributed by atoms with E-state index in [1.807, 2.05) is 0 Å². The highest BCUT2D eigenvalue weighted by Gasteiger charge is 2.36. The summed E-state index contributed by atoms with van der Waals surface area (Å²) < 4.78 is 59.6. The first-order valence-electron chi connectivity index (χ1n) is 10.2. The standard InChI is InChI=1S/C21H19F4N5O3S/c1-26-19(31)14-10-34-18-15(21(23,24)25)7-16(29-17(14)18)30-4-2-13(3-5-30)33-20(32)28-12-6-11(22)8-27-9-12/h6-10,13H,2-5H2,1H3,(H,26,31)(H,28,32). The predicted molar refractivity (Wildman–Crippen MR) is 118 cm³/mol. The molecule has 1 saturated heterocycles. The van der Waals surface area contributed by atoms with E-state index < -0.39 is 35.7 Å². The van der Waals surface area contributed by atoms with Crippen molar-refractivity contribution in [3.05, 3.63) is 46.9 Å². The lowest BCUT2D eigenvalue weighted by Crippen LogP contribution is -2.39. The fourth-order valence-electron chi connectivity index (χ4n) is 3.65. The molecule has 0 aliphatic carbocycles. The second-order valence-corrected chi connectivity index (χ2v) is 8.42. The Labute approximate surface area is 194 Å². The Kier molecular flexibility index (Phi) is 6.55. The van der Waals surface area contributed by atoms with Crippen molar-refractivity contribution in [1.82, 2.24) is 15.3 Å². The molecule has 3 aromatic heterocycles. The summed E-state index contributed by atoms with van der Waals surface area (Å²) in [6.07, 6.45) is -2.92. The maximum atomic E-state index is 13.7. The normalized spacial score (nSPS) is 14.8. The van der Waals surface area contributed by atoms with Crippen molar-refractivity contribution in [3.63, 3.8) is 0 Å². The quantitative estimate of drug-likeness (QED) is 0.518. The van der Waals surface area contributed by atoms with Crippen LogP contribution in [0.3, 0.4) is 0 Å². The van der Waals surface area contributed by atoms with E-state index in [9.17, 15) is 27.2 Å². The van der Waals surface area contributed by atoms with Gasteiger partial charge in [0, 0.05) is 44.4 Å². The van der Waals surface area contributed by atoms with E-state index in [4.69, 9.17) is 4.74 Å². The van der Waals surface area contributed by atoms with Crippen LogP contribution in [0.4, 0.5) is 33.9 Å². The molecular weight excluding hydrogens is 478 g/mol. The van der Waals surface area contributed by atoms with Gasteiger partial charge < -0.3 is 15.0 Å². The number of aromatic nitrogens is 2. The van der Waals surface area contributed by atoms with Crippen LogP contribution in [-0.4, -0.2) is 48.2 Å². The molecule has 8 nitrogen and oxygen atoms in total.